The van der Waals surface area contributed by atoms with Crippen molar-refractivity contribution in [2.75, 3.05) is 13.1 Å². The van der Waals surface area contributed by atoms with Crippen molar-refractivity contribution >= 4 is 23.4 Å². The number of nitrogens with one attached hydrogen (secondary N) is 1. The van der Waals surface area contributed by atoms with Crippen molar-refractivity contribution in [3.8, 4) is 0 Å². The van der Waals surface area contributed by atoms with Crippen LogP contribution in [0.15, 0.2) is 11.4 Å². The summed E-state index contributed by atoms with van der Waals surface area (Å²) in [5, 5.41) is 13.9. The fourth-order valence-corrected chi connectivity index (χ4v) is 3.38. The van der Waals surface area contributed by atoms with Gasteiger partial charge in [0.05, 0.1) is 5.56 Å². The quantitative estimate of drug-likeness (QED) is 0.861. The lowest BCUT2D eigenvalue weighted by atomic mass is 10.2. The molecule has 1 aliphatic heterocycles. The van der Waals surface area contributed by atoms with E-state index in [1.807, 2.05) is 20.8 Å². The molecule has 2 N–H and O–H groups in total. The molecule has 0 aliphatic carbocycles. The highest BCUT2D eigenvalue weighted by molar-refractivity contribution is 7.10. The molecule has 6 nitrogen and oxygen atoms in total. The van der Waals surface area contributed by atoms with Crippen molar-refractivity contribution < 1.29 is 19.4 Å². The molecule has 23 heavy (non-hydrogen) atoms. The maximum Gasteiger partial charge on any atom is 0.410 e. The molecule has 1 fully saturated rings. The lowest BCUT2D eigenvalue weighted by molar-refractivity contribution is 0.0226. The van der Waals surface area contributed by atoms with E-state index in [4.69, 9.17) is 9.84 Å². The summed E-state index contributed by atoms with van der Waals surface area (Å²) in [6.45, 7) is 7.61. The Morgan fingerprint density at radius 2 is 2.22 bits per heavy atom. The van der Waals surface area contributed by atoms with Gasteiger partial charge in [0, 0.05) is 35.9 Å². The van der Waals surface area contributed by atoms with E-state index >= 15 is 0 Å². The van der Waals surface area contributed by atoms with Crippen LogP contribution >= 0.6 is 11.3 Å². The average molecular weight is 340 g/mol. The molecule has 1 unspecified atom stereocenters. The fourth-order valence-electron chi connectivity index (χ4n) is 2.56. The molecule has 1 saturated heterocycles. The number of likely N-dealkylation sites (tertiary alicyclic amines) is 1. The number of aromatic carboxylic acids is 1. The van der Waals surface area contributed by atoms with Crippen molar-refractivity contribution in [3.63, 3.8) is 0 Å². The van der Waals surface area contributed by atoms with Gasteiger partial charge in [0.15, 0.2) is 0 Å². The van der Waals surface area contributed by atoms with E-state index in [1.165, 1.54) is 11.3 Å². The summed E-state index contributed by atoms with van der Waals surface area (Å²) in [7, 11) is 0. The molecule has 0 saturated carbocycles. The summed E-state index contributed by atoms with van der Waals surface area (Å²) in [6.07, 6.45) is 1.68. The lowest BCUT2D eigenvalue weighted by Crippen LogP contribution is -2.43. The van der Waals surface area contributed by atoms with E-state index in [9.17, 15) is 9.59 Å². The summed E-state index contributed by atoms with van der Waals surface area (Å²) < 4.78 is 5.44. The normalized spacial score (nSPS) is 18.2. The van der Waals surface area contributed by atoms with Crippen LogP contribution in [0.3, 0.4) is 0 Å². The minimum Gasteiger partial charge on any atom is -0.478 e. The molecule has 1 aliphatic rings. The Morgan fingerprint density at radius 3 is 2.83 bits per heavy atom. The highest BCUT2D eigenvalue weighted by Gasteiger charge is 2.31. The highest BCUT2D eigenvalue weighted by Crippen LogP contribution is 2.21. The van der Waals surface area contributed by atoms with E-state index < -0.39 is 11.6 Å². The topological polar surface area (TPSA) is 78.9 Å². The molecule has 1 aromatic rings. The largest absolute Gasteiger partial charge is 0.478 e. The Balaban J connectivity index is 1.82. The van der Waals surface area contributed by atoms with E-state index in [1.54, 1.807) is 16.3 Å². The summed E-state index contributed by atoms with van der Waals surface area (Å²) in [5.41, 5.74) is -0.162. The summed E-state index contributed by atoms with van der Waals surface area (Å²) in [5.74, 6) is -0.903. The molecule has 1 atom stereocenters. The van der Waals surface area contributed by atoms with E-state index in [0.29, 0.717) is 18.7 Å². The highest BCUT2D eigenvalue weighted by atomic mass is 32.1. The van der Waals surface area contributed by atoms with Crippen LogP contribution in [0.25, 0.3) is 0 Å². The van der Waals surface area contributed by atoms with Gasteiger partial charge in [-0.05, 0) is 39.7 Å². The molecule has 0 aromatic carbocycles. The van der Waals surface area contributed by atoms with E-state index in [2.05, 4.69) is 5.32 Å². The number of amides is 1. The first-order valence-electron chi connectivity index (χ1n) is 7.77. The molecule has 2 rings (SSSR count). The van der Waals surface area contributed by atoms with Crippen LogP contribution in [-0.4, -0.2) is 46.8 Å². The van der Waals surface area contributed by atoms with Crippen LogP contribution in [0.5, 0.6) is 0 Å². The van der Waals surface area contributed by atoms with Gasteiger partial charge in [-0.2, -0.15) is 0 Å². The predicted octanol–water partition coefficient (Wildman–Crippen LogP) is 2.94. The van der Waals surface area contributed by atoms with Gasteiger partial charge >= 0.3 is 12.1 Å². The van der Waals surface area contributed by atoms with Crippen molar-refractivity contribution in [2.24, 2.45) is 0 Å². The number of rotatable bonds is 5. The predicted molar refractivity (Wildman–Crippen MR) is 88.9 cm³/mol. The first-order valence-corrected chi connectivity index (χ1v) is 8.65. The number of hydrogen-bond acceptors (Lipinski definition) is 5. The number of carboxylic acids is 1. The maximum atomic E-state index is 12.2. The van der Waals surface area contributed by atoms with Crippen LogP contribution in [0.1, 0.15) is 48.8 Å². The molecule has 1 amide bonds. The molecular formula is C16H24N2O4S. The molecule has 128 valence electrons. The number of carbonyl (C=O) groups is 2. The molecule has 7 heteroatoms. The van der Waals surface area contributed by atoms with Gasteiger partial charge in [-0.15, -0.1) is 11.3 Å². The molecule has 0 bridgehead atoms. The van der Waals surface area contributed by atoms with Gasteiger partial charge in [0.25, 0.3) is 0 Å². The van der Waals surface area contributed by atoms with Gasteiger partial charge in [-0.1, -0.05) is 0 Å². The van der Waals surface area contributed by atoms with Crippen LogP contribution in [0.4, 0.5) is 4.79 Å². The third kappa shape index (κ3) is 5.21. The second-order valence-electron chi connectivity index (χ2n) is 6.71. The number of thiophene rings is 1. The van der Waals surface area contributed by atoms with Gasteiger partial charge in [-0.25, -0.2) is 9.59 Å². The monoisotopic (exact) mass is 340 g/mol. The lowest BCUT2D eigenvalue weighted by Gasteiger charge is -2.28. The van der Waals surface area contributed by atoms with E-state index in [0.717, 1.165) is 24.3 Å². The van der Waals surface area contributed by atoms with Crippen molar-refractivity contribution in [1.82, 2.24) is 10.2 Å². The van der Waals surface area contributed by atoms with E-state index in [-0.39, 0.29) is 12.1 Å². The first kappa shape index (κ1) is 17.7. The van der Waals surface area contributed by atoms with Crippen LogP contribution in [0, 0.1) is 0 Å². The Kier molecular flexibility index (Phi) is 5.64. The maximum absolute atomic E-state index is 12.2. The number of carboxylic acid groups (broad SMARTS) is 1. The van der Waals surface area contributed by atoms with Gasteiger partial charge in [0.1, 0.15) is 5.60 Å². The molecular weight excluding hydrogens is 316 g/mol. The third-order valence-electron chi connectivity index (χ3n) is 3.59. The van der Waals surface area contributed by atoms with Crippen molar-refractivity contribution in [3.05, 3.63) is 21.9 Å². The van der Waals surface area contributed by atoms with Crippen molar-refractivity contribution in [2.45, 2.75) is 51.8 Å². The number of ether oxygens (including phenoxy) is 1. The summed E-state index contributed by atoms with van der Waals surface area (Å²) in [4.78, 5) is 25.8. The smallest absolute Gasteiger partial charge is 0.410 e. The summed E-state index contributed by atoms with van der Waals surface area (Å²) in [6, 6.07) is 1.81. The fraction of sp³-hybridized carbons (Fsp3) is 0.625. The third-order valence-corrected chi connectivity index (χ3v) is 4.52. The Hall–Kier alpha value is -1.60. The van der Waals surface area contributed by atoms with Gasteiger partial charge < -0.3 is 20.1 Å². The van der Waals surface area contributed by atoms with Crippen molar-refractivity contribution in [1.29, 1.82) is 0 Å². The molecule has 2 heterocycles. The van der Waals surface area contributed by atoms with Crippen LogP contribution < -0.4 is 5.32 Å². The minimum atomic E-state index is -0.903. The zero-order valence-corrected chi connectivity index (χ0v) is 14.6. The molecule has 1 aromatic heterocycles. The first-order chi connectivity index (χ1) is 10.8. The zero-order valence-electron chi connectivity index (χ0n) is 13.8. The Morgan fingerprint density at radius 1 is 1.48 bits per heavy atom. The van der Waals surface area contributed by atoms with Crippen LogP contribution in [0.2, 0.25) is 0 Å². The number of nitrogens with zero attached hydrogens (tertiary/aromatic N) is 1. The zero-order chi connectivity index (χ0) is 17.0. The Labute approximate surface area is 140 Å². The molecule has 0 radical (unpaired) electrons. The average Bonchev–Trinajstić information content (AvgIpc) is 3.05. The van der Waals surface area contributed by atoms with Crippen LogP contribution in [-0.2, 0) is 11.3 Å². The molecule has 0 spiro atoms. The standard InChI is InChI=1S/C16H24N2O4S/c1-16(2,3)22-15(21)18-6-4-5-12(18)8-17-9-13-7-11(10-23-13)14(19)20/h7,10,12,17H,4-6,8-9H2,1-3H3,(H,19,20). The SMILES string of the molecule is CC(C)(C)OC(=O)N1CCCC1CNCc1cc(C(=O)O)cs1. The Bertz CT molecular complexity index is 565. The number of carbonyl (C=O) groups excluding carboxylic acids is 1. The second-order valence-corrected chi connectivity index (χ2v) is 7.70. The van der Waals surface area contributed by atoms with Gasteiger partial charge in [0.2, 0.25) is 0 Å². The summed E-state index contributed by atoms with van der Waals surface area (Å²) >= 11 is 1.43. The second kappa shape index (κ2) is 7.31. The number of hydrogen-bond donors (Lipinski definition) is 2. The minimum absolute atomic E-state index is 0.128. The van der Waals surface area contributed by atoms with Gasteiger partial charge in [-0.3, -0.25) is 0 Å².